The van der Waals surface area contributed by atoms with Crippen LogP contribution in [0.15, 0.2) is 41.3 Å². The first kappa shape index (κ1) is 20.3. The first-order chi connectivity index (χ1) is 13.2. The zero-order valence-corrected chi connectivity index (χ0v) is 15.9. The maximum absolute atomic E-state index is 13.8. The van der Waals surface area contributed by atoms with Gasteiger partial charge in [-0.2, -0.15) is 0 Å². The first-order valence-corrected chi connectivity index (χ1v) is 10.2. The fraction of sp³-hybridized carbons (Fsp3) is 0.316. The Labute approximate surface area is 161 Å². The van der Waals surface area contributed by atoms with E-state index < -0.39 is 32.4 Å². The fourth-order valence-corrected chi connectivity index (χ4v) is 4.33. The highest BCUT2D eigenvalue weighted by molar-refractivity contribution is 7.92. The van der Waals surface area contributed by atoms with E-state index in [0.29, 0.717) is 24.5 Å². The van der Waals surface area contributed by atoms with E-state index >= 15 is 0 Å². The second-order valence-corrected chi connectivity index (χ2v) is 8.48. The Balaban J connectivity index is 1.84. The number of carbonyl (C=O) groups excluding carboxylic acids is 1. The molecule has 0 aliphatic carbocycles. The third-order valence-corrected chi connectivity index (χ3v) is 6.12. The van der Waals surface area contributed by atoms with Crippen molar-refractivity contribution in [3.8, 4) is 0 Å². The molecule has 1 fully saturated rings. The van der Waals surface area contributed by atoms with Crippen molar-refractivity contribution in [1.29, 1.82) is 0 Å². The molecule has 2 aromatic rings. The lowest BCUT2D eigenvalue weighted by Gasteiger charge is -2.28. The number of anilines is 1. The second kappa shape index (κ2) is 7.92. The molecule has 1 N–H and O–H groups in total. The minimum atomic E-state index is -4.59. The number of likely N-dealkylation sites (tertiary alicyclic amines) is 1. The van der Waals surface area contributed by atoms with Crippen molar-refractivity contribution in [2.45, 2.75) is 17.7 Å². The van der Waals surface area contributed by atoms with Gasteiger partial charge in [0.2, 0.25) is 0 Å². The highest BCUT2D eigenvalue weighted by Crippen LogP contribution is 2.25. The van der Waals surface area contributed by atoms with Crippen molar-refractivity contribution in [3.05, 3.63) is 59.4 Å². The minimum Gasteiger partial charge on any atom is -0.306 e. The molecule has 0 unspecified atom stereocenters. The summed E-state index contributed by atoms with van der Waals surface area (Å²) in [5, 5.41) is 0. The molecule has 0 radical (unpaired) electrons. The maximum Gasteiger partial charge on any atom is 0.265 e. The van der Waals surface area contributed by atoms with Gasteiger partial charge in [-0.25, -0.2) is 21.6 Å². The quantitative estimate of drug-likeness (QED) is 0.604. The summed E-state index contributed by atoms with van der Waals surface area (Å²) in [4.78, 5) is 13.7. The molecular weight excluding hydrogens is 393 g/mol. The Kier molecular flexibility index (Phi) is 5.76. The number of halogens is 3. The fourth-order valence-electron chi connectivity index (χ4n) is 3.18. The molecule has 1 aliphatic rings. The number of piperidine rings is 1. The molecule has 1 heterocycles. The standard InChI is InChI=1S/C19H19F3N2O3S/c1-24-7-5-12(6-8-24)19(25)13-3-2-4-15(9-13)23-28(26,27)17-11-14(20)10-16(21)18(17)22/h2-4,9-12,23H,5-8H2,1H3. The Morgan fingerprint density at radius 3 is 2.46 bits per heavy atom. The summed E-state index contributed by atoms with van der Waals surface area (Å²) in [6, 6.07) is 6.43. The van der Waals surface area contributed by atoms with Crippen LogP contribution in [0.4, 0.5) is 18.9 Å². The molecule has 0 amide bonds. The summed E-state index contributed by atoms with van der Waals surface area (Å²) in [5.41, 5.74) is 0.323. The van der Waals surface area contributed by atoms with E-state index in [1.807, 2.05) is 7.05 Å². The normalized spacial score (nSPS) is 16.1. The average Bonchev–Trinajstić information content (AvgIpc) is 2.64. The molecular formula is C19H19F3N2O3S. The van der Waals surface area contributed by atoms with Gasteiger partial charge >= 0.3 is 0 Å². The van der Waals surface area contributed by atoms with Crippen molar-refractivity contribution in [2.75, 3.05) is 24.9 Å². The number of benzene rings is 2. The van der Waals surface area contributed by atoms with Gasteiger partial charge in [-0.05, 0) is 51.2 Å². The van der Waals surface area contributed by atoms with Gasteiger partial charge in [0.25, 0.3) is 10.0 Å². The third-order valence-electron chi connectivity index (χ3n) is 4.74. The van der Waals surface area contributed by atoms with Crippen LogP contribution in [0, 0.1) is 23.4 Å². The molecule has 28 heavy (non-hydrogen) atoms. The van der Waals surface area contributed by atoms with Gasteiger partial charge in [0, 0.05) is 23.2 Å². The average molecular weight is 412 g/mol. The Bertz CT molecular complexity index is 1000. The number of nitrogens with zero attached hydrogens (tertiary/aromatic N) is 1. The lowest BCUT2D eigenvalue weighted by atomic mass is 9.89. The molecule has 3 rings (SSSR count). The monoisotopic (exact) mass is 412 g/mol. The molecule has 150 valence electrons. The molecule has 1 aliphatic heterocycles. The van der Waals surface area contributed by atoms with Crippen LogP contribution in [-0.4, -0.2) is 39.2 Å². The lowest BCUT2D eigenvalue weighted by Crippen LogP contribution is -2.33. The predicted octanol–water partition coefficient (Wildman–Crippen LogP) is 3.43. The van der Waals surface area contributed by atoms with E-state index in [1.165, 1.54) is 18.2 Å². The predicted molar refractivity (Wildman–Crippen MR) is 98.1 cm³/mol. The number of hydrogen-bond donors (Lipinski definition) is 1. The molecule has 1 saturated heterocycles. The topological polar surface area (TPSA) is 66.5 Å². The number of Topliss-reactive ketones (excluding diaryl/α,β-unsaturated/α-hetero) is 1. The van der Waals surface area contributed by atoms with Crippen LogP contribution in [0.5, 0.6) is 0 Å². The molecule has 0 saturated carbocycles. The second-order valence-electron chi connectivity index (χ2n) is 6.83. The van der Waals surface area contributed by atoms with E-state index in [1.54, 1.807) is 6.07 Å². The van der Waals surface area contributed by atoms with Crippen LogP contribution in [0.2, 0.25) is 0 Å². The van der Waals surface area contributed by atoms with Crippen LogP contribution >= 0.6 is 0 Å². The Hall–Kier alpha value is -2.39. The molecule has 9 heteroatoms. The summed E-state index contributed by atoms with van der Waals surface area (Å²) < 4.78 is 67.3. The van der Waals surface area contributed by atoms with Crippen LogP contribution < -0.4 is 4.72 Å². The zero-order chi connectivity index (χ0) is 20.5. The number of carbonyl (C=O) groups is 1. The molecule has 2 aromatic carbocycles. The van der Waals surface area contributed by atoms with Gasteiger partial charge in [-0.3, -0.25) is 9.52 Å². The number of nitrogens with one attached hydrogen (secondary N) is 1. The summed E-state index contributed by atoms with van der Waals surface area (Å²) in [6.45, 7) is 1.60. The number of sulfonamides is 1. The number of ketones is 1. The van der Waals surface area contributed by atoms with Gasteiger partial charge in [0.1, 0.15) is 10.7 Å². The molecule has 0 bridgehead atoms. The van der Waals surface area contributed by atoms with Gasteiger partial charge in [0.15, 0.2) is 17.4 Å². The van der Waals surface area contributed by atoms with E-state index in [9.17, 15) is 26.4 Å². The summed E-state index contributed by atoms with van der Waals surface area (Å²) in [6.07, 6.45) is 1.41. The summed E-state index contributed by atoms with van der Waals surface area (Å²) >= 11 is 0. The van der Waals surface area contributed by atoms with Gasteiger partial charge in [-0.15, -0.1) is 0 Å². The zero-order valence-electron chi connectivity index (χ0n) is 15.1. The van der Waals surface area contributed by atoms with Crippen molar-refractivity contribution in [1.82, 2.24) is 4.90 Å². The Morgan fingerprint density at radius 1 is 1.11 bits per heavy atom. The van der Waals surface area contributed by atoms with E-state index in [4.69, 9.17) is 0 Å². The van der Waals surface area contributed by atoms with Crippen molar-refractivity contribution < 1.29 is 26.4 Å². The highest BCUT2D eigenvalue weighted by atomic mass is 32.2. The molecule has 0 aromatic heterocycles. The summed E-state index contributed by atoms with van der Waals surface area (Å²) in [5.74, 6) is -4.75. The smallest absolute Gasteiger partial charge is 0.265 e. The van der Waals surface area contributed by atoms with Gasteiger partial charge < -0.3 is 4.90 Å². The van der Waals surface area contributed by atoms with Crippen LogP contribution in [0.3, 0.4) is 0 Å². The van der Waals surface area contributed by atoms with Crippen molar-refractivity contribution in [3.63, 3.8) is 0 Å². The lowest BCUT2D eigenvalue weighted by molar-refractivity contribution is 0.0857. The summed E-state index contributed by atoms with van der Waals surface area (Å²) in [7, 11) is -2.61. The van der Waals surface area contributed by atoms with E-state index in [0.717, 1.165) is 13.1 Å². The van der Waals surface area contributed by atoms with Gasteiger partial charge in [0.05, 0.1) is 0 Å². The largest absolute Gasteiger partial charge is 0.306 e. The van der Waals surface area contributed by atoms with Crippen LogP contribution in [-0.2, 0) is 10.0 Å². The molecule has 0 atom stereocenters. The number of rotatable bonds is 5. The van der Waals surface area contributed by atoms with Crippen molar-refractivity contribution in [2.24, 2.45) is 5.92 Å². The van der Waals surface area contributed by atoms with Crippen LogP contribution in [0.1, 0.15) is 23.2 Å². The van der Waals surface area contributed by atoms with Crippen molar-refractivity contribution >= 4 is 21.5 Å². The van der Waals surface area contributed by atoms with E-state index in [-0.39, 0.29) is 23.5 Å². The number of hydrogen-bond acceptors (Lipinski definition) is 4. The third kappa shape index (κ3) is 4.36. The first-order valence-electron chi connectivity index (χ1n) is 8.67. The highest BCUT2D eigenvalue weighted by Gasteiger charge is 2.26. The Morgan fingerprint density at radius 2 is 1.79 bits per heavy atom. The SMILES string of the molecule is CN1CCC(C(=O)c2cccc(NS(=O)(=O)c3cc(F)cc(F)c3F)c2)CC1. The van der Waals surface area contributed by atoms with Crippen LogP contribution in [0.25, 0.3) is 0 Å². The van der Waals surface area contributed by atoms with Gasteiger partial charge in [-0.1, -0.05) is 12.1 Å². The molecule has 0 spiro atoms. The minimum absolute atomic E-state index is 0.00264. The molecule has 5 nitrogen and oxygen atoms in total. The maximum atomic E-state index is 13.8. The van der Waals surface area contributed by atoms with E-state index in [2.05, 4.69) is 9.62 Å².